The van der Waals surface area contributed by atoms with Crippen LogP contribution >= 0.6 is 0 Å². The molecule has 1 aliphatic heterocycles. The van der Waals surface area contributed by atoms with Crippen LogP contribution in [-0.4, -0.2) is 54.3 Å². The lowest BCUT2D eigenvalue weighted by molar-refractivity contribution is -0.117. The minimum atomic E-state index is -0.475. The van der Waals surface area contributed by atoms with E-state index in [-0.39, 0.29) is 5.91 Å². The molecule has 6 heteroatoms. The van der Waals surface area contributed by atoms with Crippen molar-refractivity contribution in [1.82, 2.24) is 9.80 Å². The quantitative estimate of drug-likeness (QED) is 0.819. The first-order valence-corrected chi connectivity index (χ1v) is 9.28. The Balaban J connectivity index is 1.46. The van der Waals surface area contributed by atoms with E-state index in [4.69, 9.17) is 5.73 Å². The topological polar surface area (TPSA) is 78.7 Å². The third-order valence-corrected chi connectivity index (χ3v) is 4.75. The first kappa shape index (κ1) is 19.1. The Morgan fingerprint density at radius 3 is 2.26 bits per heavy atom. The maximum atomic E-state index is 12.3. The van der Waals surface area contributed by atoms with Crippen LogP contribution in [0.1, 0.15) is 22.3 Å². The smallest absolute Gasteiger partial charge is 0.248 e. The maximum Gasteiger partial charge on any atom is 0.248 e. The van der Waals surface area contributed by atoms with E-state index < -0.39 is 5.91 Å². The van der Waals surface area contributed by atoms with Crippen molar-refractivity contribution in [2.24, 2.45) is 5.73 Å². The Morgan fingerprint density at radius 1 is 0.889 bits per heavy atom. The van der Waals surface area contributed by atoms with Gasteiger partial charge in [-0.2, -0.15) is 0 Å². The molecule has 1 aliphatic rings. The summed E-state index contributed by atoms with van der Waals surface area (Å²) in [4.78, 5) is 28.1. The zero-order chi connectivity index (χ0) is 19.1. The summed E-state index contributed by atoms with van der Waals surface area (Å²) in [6.07, 6.45) is 1.05. The number of amides is 2. The fourth-order valence-corrected chi connectivity index (χ4v) is 3.30. The number of primary amides is 1. The van der Waals surface area contributed by atoms with Crippen LogP contribution in [0.5, 0.6) is 0 Å². The molecule has 0 atom stereocenters. The van der Waals surface area contributed by atoms with E-state index in [0.29, 0.717) is 17.8 Å². The maximum absolute atomic E-state index is 12.3. The van der Waals surface area contributed by atoms with Crippen molar-refractivity contribution < 1.29 is 9.59 Å². The monoisotopic (exact) mass is 366 g/mol. The highest BCUT2D eigenvalue weighted by atomic mass is 16.2. The number of nitrogens with one attached hydrogen (secondary N) is 1. The summed E-state index contributed by atoms with van der Waals surface area (Å²) < 4.78 is 0. The van der Waals surface area contributed by atoms with Gasteiger partial charge in [-0.3, -0.25) is 19.4 Å². The molecule has 0 bridgehead atoms. The van der Waals surface area contributed by atoms with Crippen molar-refractivity contribution >= 4 is 17.5 Å². The Morgan fingerprint density at radius 2 is 1.56 bits per heavy atom. The third-order valence-electron chi connectivity index (χ3n) is 4.75. The largest absolute Gasteiger partial charge is 0.366 e. The van der Waals surface area contributed by atoms with E-state index >= 15 is 0 Å². The van der Waals surface area contributed by atoms with Crippen molar-refractivity contribution in [2.75, 3.05) is 38.0 Å². The fourth-order valence-electron chi connectivity index (χ4n) is 3.30. The Labute approximate surface area is 159 Å². The molecule has 0 radical (unpaired) electrons. The number of nitrogens with two attached hydrogens (primary N) is 1. The van der Waals surface area contributed by atoms with Gasteiger partial charge in [-0.15, -0.1) is 0 Å². The van der Waals surface area contributed by atoms with Crippen LogP contribution in [0.4, 0.5) is 5.69 Å². The van der Waals surface area contributed by atoms with Crippen molar-refractivity contribution in [2.45, 2.75) is 13.0 Å². The number of rotatable bonds is 6. The van der Waals surface area contributed by atoms with Crippen LogP contribution in [0.15, 0.2) is 54.6 Å². The van der Waals surface area contributed by atoms with Crippen molar-refractivity contribution in [3.05, 3.63) is 65.7 Å². The molecule has 0 spiro atoms. The Hall–Kier alpha value is -2.70. The highest BCUT2D eigenvalue weighted by Crippen LogP contribution is 2.11. The molecule has 6 nitrogen and oxygen atoms in total. The molecule has 1 saturated heterocycles. The summed E-state index contributed by atoms with van der Waals surface area (Å²) in [6, 6.07) is 17.1. The molecule has 3 rings (SSSR count). The van der Waals surface area contributed by atoms with Gasteiger partial charge < -0.3 is 11.1 Å². The summed E-state index contributed by atoms with van der Waals surface area (Å²) in [6.45, 7) is 5.11. The van der Waals surface area contributed by atoms with Gasteiger partial charge in [0.2, 0.25) is 11.8 Å². The van der Waals surface area contributed by atoms with Gasteiger partial charge in [0.05, 0.1) is 6.54 Å². The van der Waals surface area contributed by atoms with Crippen LogP contribution in [0.25, 0.3) is 0 Å². The minimum Gasteiger partial charge on any atom is -0.366 e. The molecule has 2 aromatic rings. The predicted octanol–water partition coefficient (Wildman–Crippen LogP) is 1.93. The molecule has 1 fully saturated rings. The normalized spacial score (nSPS) is 15.9. The van der Waals surface area contributed by atoms with Gasteiger partial charge in [0.1, 0.15) is 0 Å². The molecule has 0 aromatic heterocycles. The molecule has 2 aromatic carbocycles. The van der Waals surface area contributed by atoms with Crippen molar-refractivity contribution in [3.63, 3.8) is 0 Å². The van der Waals surface area contributed by atoms with E-state index in [1.165, 1.54) is 5.56 Å². The number of carbonyl (C=O) groups excluding carboxylic acids is 2. The van der Waals surface area contributed by atoms with Crippen molar-refractivity contribution in [1.29, 1.82) is 0 Å². The molecular formula is C21H26N4O2. The van der Waals surface area contributed by atoms with E-state index in [0.717, 1.165) is 39.1 Å². The second-order valence-corrected chi connectivity index (χ2v) is 6.88. The zero-order valence-corrected chi connectivity index (χ0v) is 15.4. The number of hydrogen-bond donors (Lipinski definition) is 2. The number of benzene rings is 2. The number of carbonyl (C=O) groups is 2. The number of hydrogen-bond acceptors (Lipinski definition) is 4. The first-order chi connectivity index (χ1) is 13.1. The highest BCUT2D eigenvalue weighted by Gasteiger charge is 2.17. The van der Waals surface area contributed by atoms with Crippen molar-refractivity contribution in [3.8, 4) is 0 Å². The van der Waals surface area contributed by atoms with Gasteiger partial charge in [-0.25, -0.2) is 0 Å². The lowest BCUT2D eigenvalue weighted by atomic mass is 10.2. The fraction of sp³-hybridized carbons (Fsp3) is 0.333. The first-order valence-electron chi connectivity index (χ1n) is 9.28. The predicted molar refractivity (Wildman–Crippen MR) is 106 cm³/mol. The standard InChI is InChI=1S/C21H26N4O2/c22-21(27)18-7-9-19(10-8-18)23-20(26)16-25-12-4-11-24(13-14-25)15-17-5-2-1-3-6-17/h1-3,5-10H,4,11-16H2,(H2,22,27)(H,23,26). The third kappa shape index (κ3) is 5.91. The molecule has 27 heavy (non-hydrogen) atoms. The molecule has 142 valence electrons. The van der Waals surface area contributed by atoms with E-state index in [1.807, 2.05) is 6.07 Å². The van der Waals surface area contributed by atoms with Crippen LogP contribution in [0.2, 0.25) is 0 Å². The summed E-state index contributed by atoms with van der Waals surface area (Å²) in [5, 5.41) is 2.88. The second-order valence-electron chi connectivity index (χ2n) is 6.88. The molecule has 3 N–H and O–H groups in total. The zero-order valence-electron chi connectivity index (χ0n) is 15.4. The van der Waals surface area contributed by atoms with Gasteiger partial charge in [-0.1, -0.05) is 30.3 Å². The average Bonchev–Trinajstić information content (AvgIpc) is 2.88. The molecule has 0 unspecified atom stereocenters. The Bertz CT molecular complexity index is 762. The number of nitrogens with zero attached hydrogens (tertiary/aromatic N) is 2. The van der Waals surface area contributed by atoms with E-state index in [1.54, 1.807) is 24.3 Å². The summed E-state index contributed by atoms with van der Waals surface area (Å²) in [7, 11) is 0. The summed E-state index contributed by atoms with van der Waals surface area (Å²) in [5.74, 6) is -0.518. The second kappa shape index (κ2) is 9.30. The van der Waals surface area contributed by atoms with Gasteiger partial charge in [0.25, 0.3) is 0 Å². The van der Waals surface area contributed by atoms with Crippen LogP contribution in [0, 0.1) is 0 Å². The van der Waals surface area contributed by atoms with Gasteiger partial charge in [0.15, 0.2) is 0 Å². The molecule has 2 amide bonds. The Kier molecular flexibility index (Phi) is 6.57. The van der Waals surface area contributed by atoms with Gasteiger partial charge in [0, 0.05) is 30.9 Å². The molecule has 0 aliphatic carbocycles. The summed E-state index contributed by atoms with van der Waals surface area (Å²) in [5.41, 5.74) is 7.65. The van der Waals surface area contributed by atoms with E-state index in [9.17, 15) is 9.59 Å². The lowest BCUT2D eigenvalue weighted by Gasteiger charge is -2.21. The van der Waals surface area contributed by atoms with Gasteiger partial charge in [-0.05, 0) is 49.3 Å². The van der Waals surface area contributed by atoms with Gasteiger partial charge >= 0.3 is 0 Å². The summed E-state index contributed by atoms with van der Waals surface area (Å²) >= 11 is 0. The number of anilines is 1. The van der Waals surface area contributed by atoms with Crippen LogP contribution in [-0.2, 0) is 11.3 Å². The van der Waals surface area contributed by atoms with Crippen LogP contribution in [0.3, 0.4) is 0 Å². The molecule has 1 heterocycles. The van der Waals surface area contributed by atoms with E-state index in [2.05, 4.69) is 39.4 Å². The minimum absolute atomic E-state index is 0.0432. The lowest BCUT2D eigenvalue weighted by Crippen LogP contribution is -2.36. The SMILES string of the molecule is NC(=O)c1ccc(NC(=O)CN2CCCN(Cc3ccccc3)CC2)cc1. The molecule has 0 saturated carbocycles. The van der Waals surface area contributed by atoms with Crippen LogP contribution < -0.4 is 11.1 Å². The highest BCUT2D eigenvalue weighted by molar-refractivity contribution is 5.95. The molecular weight excluding hydrogens is 340 g/mol. The average molecular weight is 366 g/mol.